The summed E-state index contributed by atoms with van der Waals surface area (Å²) in [6, 6.07) is 0. The second-order valence-corrected chi connectivity index (χ2v) is 3.95. The van der Waals surface area contributed by atoms with E-state index in [1.807, 2.05) is 0 Å². The third-order valence-corrected chi connectivity index (χ3v) is 2.54. The fraction of sp³-hybridized carbons (Fsp3) is 0.857. The molecule has 0 aromatic heterocycles. The molecular weight excluding hydrogens is 162 g/mol. The van der Waals surface area contributed by atoms with E-state index in [2.05, 4.69) is 6.92 Å². The summed E-state index contributed by atoms with van der Waals surface area (Å²) in [6.07, 6.45) is 1.21. The molecule has 11 heavy (non-hydrogen) atoms. The minimum absolute atomic E-state index is 0.250. The van der Waals surface area contributed by atoms with Gasteiger partial charge in [-0.05, 0) is 13.0 Å². The van der Waals surface area contributed by atoms with E-state index in [4.69, 9.17) is 10.8 Å². The number of thioether (sulfide) groups is 1. The quantitative estimate of drug-likeness (QED) is 0.633. The molecule has 0 rings (SSSR count). The highest BCUT2D eigenvalue weighted by molar-refractivity contribution is 7.99. The summed E-state index contributed by atoms with van der Waals surface area (Å²) in [6.45, 7) is 2.75. The van der Waals surface area contributed by atoms with Crippen LogP contribution in [0.5, 0.6) is 0 Å². The van der Waals surface area contributed by atoms with Gasteiger partial charge in [-0.15, -0.1) is 0 Å². The first-order valence-corrected chi connectivity index (χ1v) is 4.75. The average Bonchev–Trinajstić information content (AvgIpc) is 1.87. The van der Waals surface area contributed by atoms with Gasteiger partial charge in [-0.2, -0.15) is 11.8 Å². The van der Waals surface area contributed by atoms with Crippen LogP contribution in [0.3, 0.4) is 0 Å². The van der Waals surface area contributed by atoms with Gasteiger partial charge in [-0.1, -0.05) is 6.92 Å². The van der Waals surface area contributed by atoms with Gasteiger partial charge in [0, 0.05) is 11.0 Å². The Hall–Kier alpha value is -0.220. The molecule has 66 valence electrons. The van der Waals surface area contributed by atoms with E-state index in [1.54, 1.807) is 11.8 Å². The molecule has 3 nitrogen and oxygen atoms in total. The highest BCUT2D eigenvalue weighted by atomic mass is 32.2. The standard InChI is InChI=1S/C7H15NO2S/c1-6(2-4-8)11-5-3-7(9)10/h6H,2-5,8H2,1H3,(H,9,10). The van der Waals surface area contributed by atoms with Gasteiger partial charge in [0.2, 0.25) is 0 Å². The number of hydrogen-bond acceptors (Lipinski definition) is 3. The molecule has 0 saturated heterocycles. The van der Waals surface area contributed by atoms with Crippen molar-refractivity contribution >= 4 is 17.7 Å². The van der Waals surface area contributed by atoms with E-state index in [0.29, 0.717) is 17.5 Å². The van der Waals surface area contributed by atoms with Gasteiger partial charge in [0.25, 0.3) is 0 Å². The molecule has 1 atom stereocenters. The summed E-state index contributed by atoms with van der Waals surface area (Å²) in [5.41, 5.74) is 5.33. The summed E-state index contributed by atoms with van der Waals surface area (Å²) in [5.74, 6) is -0.0336. The van der Waals surface area contributed by atoms with Crippen LogP contribution in [-0.4, -0.2) is 28.6 Å². The Bertz CT molecular complexity index is 119. The van der Waals surface area contributed by atoms with Crippen LogP contribution in [0.1, 0.15) is 19.8 Å². The number of hydrogen-bond donors (Lipinski definition) is 2. The number of nitrogens with two attached hydrogens (primary N) is 1. The van der Waals surface area contributed by atoms with Crippen LogP contribution < -0.4 is 5.73 Å². The van der Waals surface area contributed by atoms with E-state index in [0.717, 1.165) is 6.42 Å². The fourth-order valence-electron chi connectivity index (χ4n) is 0.665. The average molecular weight is 177 g/mol. The van der Waals surface area contributed by atoms with E-state index in [-0.39, 0.29) is 6.42 Å². The van der Waals surface area contributed by atoms with Crippen molar-refractivity contribution in [2.75, 3.05) is 12.3 Å². The zero-order valence-corrected chi connectivity index (χ0v) is 7.56. The lowest BCUT2D eigenvalue weighted by Crippen LogP contribution is -2.08. The van der Waals surface area contributed by atoms with Gasteiger partial charge >= 0.3 is 5.97 Å². The third-order valence-electron chi connectivity index (χ3n) is 1.29. The highest BCUT2D eigenvalue weighted by Gasteiger charge is 2.02. The molecule has 0 heterocycles. The molecular formula is C7H15NO2S. The van der Waals surface area contributed by atoms with Gasteiger partial charge < -0.3 is 10.8 Å². The summed E-state index contributed by atoms with van der Waals surface area (Å²) in [7, 11) is 0. The maximum atomic E-state index is 10.1. The van der Waals surface area contributed by atoms with Crippen molar-refractivity contribution in [1.82, 2.24) is 0 Å². The molecule has 0 aromatic rings. The summed E-state index contributed by atoms with van der Waals surface area (Å²) < 4.78 is 0. The highest BCUT2D eigenvalue weighted by Crippen LogP contribution is 2.13. The first kappa shape index (κ1) is 10.8. The molecule has 0 saturated carbocycles. The fourth-order valence-corrected chi connectivity index (χ4v) is 1.66. The Morgan fingerprint density at radius 1 is 1.73 bits per heavy atom. The maximum absolute atomic E-state index is 10.1. The van der Waals surface area contributed by atoms with Crippen LogP contribution in [0.2, 0.25) is 0 Å². The number of carboxylic acids is 1. The minimum atomic E-state index is -0.725. The minimum Gasteiger partial charge on any atom is -0.481 e. The molecule has 0 amide bonds. The predicted molar refractivity (Wildman–Crippen MR) is 47.8 cm³/mol. The Morgan fingerprint density at radius 2 is 2.36 bits per heavy atom. The van der Waals surface area contributed by atoms with Crippen molar-refractivity contribution in [3.8, 4) is 0 Å². The molecule has 3 N–H and O–H groups in total. The number of carboxylic acid groups (broad SMARTS) is 1. The Balaban J connectivity index is 3.16. The van der Waals surface area contributed by atoms with Crippen molar-refractivity contribution in [3.63, 3.8) is 0 Å². The molecule has 0 aliphatic rings. The summed E-state index contributed by atoms with van der Waals surface area (Å²) in [4.78, 5) is 10.1. The lowest BCUT2D eigenvalue weighted by Gasteiger charge is -2.07. The van der Waals surface area contributed by atoms with Gasteiger partial charge in [-0.3, -0.25) is 4.79 Å². The second kappa shape index (κ2) is 6.49. The van der Waals surface area contributed by atoms with Crippen LogP contribution in [-0.2, 0) is 4.79 Å². The molecule has 1 unspecified atom stereocenters. The Kier molecular flexibility index (Phi) is 6.36. The third kappa shape index (κ3) is 7.68. The Labute approximate surface area is 71.3 Å². The molecule has 0 fully saturated rings. The molecule has 4 heteroatoms. The monoisotopic (exact) mass is 177 g/mol. The number of carbonyl (C=O) groups is 1. The van der Waals surface area contributed by atoms with Crippen LogP contribution in [0.15, 0.2) is 0 Å². The Morgan fingerprint density at radius 3 is 2.82 bits per heavy atom. The molecule has 0 spiro atoms. The number of aliphatic carboxylic acids is 1. The van der Waals surface area contributed by atoms with Crippen molar-refractivity contribution < 1.29 is 9.90 Å². The van der Waals surface area contributed by atoms with Crippen LogP contribution >= 0.6 is 11.8 Å². The molecule has 0 aliphatic carbocycles. The summed E-state index contributed by atoms with van der Waals surface area (Å²) in [5, 5.41) is 8.80. The first-order chi connectivity index (χ1) is 5.16. The van der Waals surface area contributed by atoms with E-state index in [1.165, 1.54) is 0 Å². The van der Waals surface area contributed by atoms with Gasteiger partial charge in [0.05, 0.1) is 6.42 Å². The van der Waals surface area contributed by atoms with Crippen molar-refractivity contribution in [3.05, 3.63) is 0 Å². The van der Waals surface area contributed by atoms with Crippen molar-refractivity contribution in [2.24, 2.45) is 5.73 Å². The molecule has 0 radical (unpaired) electrons. The normalized spacial score (nSPS) is 12.9. The molecule has 0 aromatic carbocycles. The second-order valence-electron chi connectivity index (χ2n) is 2.40. The van der Waals surface area contributed by atoms with Crippen molar-refractivity contribution in [2.45, 2.75) is 25.0 Å². The van der Waals surface area contributed by atoms with Crippen LogP contribution in [0.4, 0.5) is 0 Å². The smallest absolute Gasteiger partial charge is 0.304 e. The van der Waals surface area contributed by atoms with Crippen molar-refractivity contribution in [1.29, 1.82) is 0 Å². The van der Waals surface area contributed by atoms with E-state index < -0.39 is 5.97 Å². The predicted octanol–water partition coefficient (Wildman–Crippen LogP) is 0.932. The lowest BCUT2D eigenvalue weighted by molar-refractivity contribution is -0.136. The zero-order valence-electron chi connectivity index (χ0n) is 6.75. The molecule has 0 aliphatic heterocycles. The lowest BCUT2D eigenvalue weighted by atomic mass is 10.3. The first-order valence-electron chi connectivity index (χ1n) is 3.70. The van der Waals surface area contributed by atoms with Gasteiger partial charge in [0.15, 0.2) is 0 Å². The van der Waals surface area contributed by atoms with Crippen LogP contribution in [0.25, 0.3) is 0 Å². The zero-order chi connectivity index (χ0) is 8.69. The molecule has 0 bridgehead atoms. The maximum Gasteiger partial charge on any atom is 0.304 e. The number of rotatable bonds is 6. The van der Waals surface area contributed by atoms with E-state index in [9.17, 15) is 4.79 Å². The van der Waals surface area contributed by atoms with E-state index >= 15 is 0 Å². The van der Waals surface area contributed by atoms with Gasteiger partial charge in [0.1, 0.15) is 0 Å². The van der Waals surface area contributed by atoms with Gasteiger partial charge in [-0.25, -0.2) is 0 Å². The summed E-state index contributed by atoms with van der Waals surface area (Å²) >= 11 is 1.67. The largest absolute Gasteiger partial charge is 0.481 e. The SMILES string of the molecule is CC(CCN)SCCC(=O)O. The van der Waals surface area contributed by atoms with Crippen LogP contribution in [0, 0.1) is 0 Å². The topological polar surface area (TPSA) is 63.3 Å².